The molecule has 0 radical (unpaired) electrons. The maximum Gasteiger partial charge on any atom is 0.126 e. The van der Waals surface area contributed by atoms with E-state index in [0.717, 1.165) is 35.8 Å². The van der Waals surface area contributed by atoms with Crippen LogP contribution in [0.4, 0.5) is 4.39 Å². The van der Waals surface area contributed by atoms with Crippen molar-refractivity contribution in [3.63, 3.8) is 0 Å². The molecule has 2 atom stereocenters. The maximum atomic E-state index is 13.9. The van der Waals surface area contributed by atoms with Crippen molar-refractivity contribution in [2.45, 2.75) is 52.0 Å². The number of rotatable bonds is 7. The molecule has 0 aromatic heterocycles. The standard InChI is InChI=1S/C15H23BrFN/c1-4-6-15(18-9-5-2)11(3)13-10-12(16)7-8-14(13)17/h7-8,10-11,15,18H,4-6,9H2,1-3H3. The molecule has 1 aromatic carbocycles. The van der Waals surface area contributed by atoms with Gasteiger partial charge < -0.3 is 5.32 Å². The number of halogens is 2. The fourth-order valence-corrected chi connectivity index (χ4v) is 2.63. The van der Waals surface area contributed by atoms with E-state index in [2.05, 4.69) is 42.0 Å². The van der Waals surface area contributed by atoms with Gasteiger partial charge in [-0.05, 0) is 49.1 Å². The molecule has 0 saturated carbocycles. The summed E-state index contributed by atoms with van der Waals surface area (Å²) in [6.07, 6.45) is 3.29. The molecule has 0 fully saturated rings. The van der Waals surface area contributed by atoms with Crippen LogP contribution in [-0.2, 0) is 0 Å². The topological polar surface area (TPSA) is 12.0 Å². The summed E-state index contributed by atoms with van der Waals surface area (Å²) in [6.45, 7) is 7.42. The van der Waals surface area contributed by atoms with Gasteiger partial charge in [0, 0.05) is 10.5 Å². The highest BCUT2D eigenvalue weighted by molar-refractivity contribution is 9.10. The van der Waals surface area contributed by atoms with E-state index >= 15 is 0 Å². The molecular weight excluding hydrogens is 293 g/mol. The van der Waals surface area contributed by atoms with Gasteiger partial charge in [0.1, 0.15) is 5.82 Å². The molecule has 0 spiro atoms. The molecule has 3 heteroatoms. The second kappa shape index (κ2) is 7.90. The Morgan fingerprint density at radius 3 is 2.61 bits per heavy atom. The van der Waals surface area contributed by atoms with Gasteiger partial charge in [-0.2, -0.15) is 0 Å². The van der Waals surface area contributed by atoms with Crippen LogP contribution in [0.25, 0.3) is 0 Å². The van der Waals surface area contributed by atoms with E-state index in [9.17, 15) is 4.39 Å². The SMILES string of the molecule is CCCNC(CCC)C(C)c1cc(Br)ccc1F. The van der Waals surface area contributed by atoms with Crippen LogP contribution in [0.15, 0.2) is 22.7 Å². The molecule has 0 aliphatic heterocycles. The molecule has 1 nitrogen and oxygen atoms in total. The van der Waals surface area contributed by atoms with Crippen molar-refractivity contribution >= 4 is 15.9 Å². The van der Waals surface area contributed by atoms with Gasteiger partial charge in [-0.3, -0.25) is 0 Å². The molecule has 18 heavy (non-hydrogen) atoms. The third kappa shape index (κ3) is 4.36. The lowest BCUT2D eigenvalue weighted by atomic mass is 9.90. The highest BCUT2D eigenvalue weighted by atomic mass is 79.9. The summed E-state index contributed by atoms with van der Waals surface area (Å²) < 4.78 is 14.8. The van der Waals surface area contributed by atoms with Crippen molar-refractivity contribution in [2.24, 2.45) is 0 Å². The minimum absolute atomic E-state index is 0.106. The third-order valence-electron chi connectivity index (χ3n) is 3.31. The smallest absolute Gasteiger partial charge is 0.126 e. The summed E-state index contributed by atoms with van der Waals surface area (Å²) in [7, 11) is 0. The van der Waals surface area contributed by atoms with E-state index in [1.165, 1.54) is 0 Å². The molecule has 2 unspecified atom stereocenters. The van der Waals surface area contributed by atoms with Crippen molar-refractivity contribution in [3.8, 4) is 0 Å². The quantitative estimate of drug-likeness (QED) is 0.757. The van der Waals surface area contributed by atoms with Crippen molar-refractivity contribution in [1.82, 2.24) is 5.32 Å². The molecule has 0 aliphatic carbocycles. The summed E-state index contributed by atoms with van der Waals surface area (Å²) in [6, 6.07) is 5.54. The van der Waals surface area contributed by atoms with E-state index in [0.29, 0.717) is 6.04 Å². The molecule has 102 valence electrons. The first-order chi connectivity index (χ1) is 8.60. The lowest BCUT2D eigenvalue weighted by Crippen LogP contribution is -2.34. The van der Waals surface area contributed by atoms with Crippen molar-refractivity contribution < 1.29 is 4.39 Å². The third-order valence-corrected chi connectivity index (χ3v) is 3.80. The molecule has 0 bridgehead atoms. The summed E-state index contributed by atoms with van der Waals surface area (Å²) in [5, 5.41) is 3.53. The van der Waals surface area contributed by atoms with E-state index in [4.69, 9.17) is 0 Å². The fraction of sp³-hybridized carbons (Fsp3) is 0.600. The second-order valence-electron chi connectivity index (χ2n) is 4.80. The number of hydrogen-bond donors (Lipinski definition) is 1. The summed E-state index contributed by atoms with van der Waals surface area (Å²) in [5.74, 6) is 0.0825. The molecule has 0 heterocycles. The predicted molar refractivity (Wildman–Crippen MR) is 79.5 cm³/mol. The normalized spacial score (nSPS) is 14.5. The van der Waals surface area contributed by atoms with Gasteiger partial charge in [-0.25, -0.2) is 4.39 Å². The van der Waals surface area contributed by atoms with Gasteiger partial charge >= 0.3 is 0 Å². The van der Waals surface area contributed by atoms with Crippen molar-refractivity contribution in [1.29, 1.82) is 0 Å². The van der Waals surface area contributed by atoms with E-state index in [-0.39, 0.29) is 11.7 Å². The Morgan fingerprint density at radius 2 is 2.00 bits per heavy atom. The van der Waals surface area contributed by atoms with Crippen LogP contribution in [0.3, 0.4) is 0 Å². The Kier molecular flexibility index (Phi) is 6.87. The van der Waals surface area contributed by atoms with Gasteiger partial charge in [0.25, 0.3) is 0 Å². The highest BCUT2D eigenvalue weighted by Crippen LogP contribution is 2.27. The fourth-order valence-electron chi connectivity index (χ4n) is 2.25. The van der Waals surface area contributed by atoms with Gasteiger partial charge in [0.2, 0.25) is 0 Å². The summed E-state index contributed by atoms with van der Waals surface area (Å²) >= 11 is 3.42. The first-order valence-corrected chi connectivity index (χ1v) is 7.57. The number of hydrogen-bond acceptors (Lipinski definition) is 1. The Bertz CT molecular complexity index is 368. The summed E-state index contributed by atoms with van der Waals surface area (Å²) in [4.78, 5) is 0. The van der Waals surface area contributed by atoms with Crippen LogP contribution in [0.2, 0.25) is 0 Å². The minimum atomic E-state index is -0.106. The Morgan fingerprint density at radius 1 is 1.28 bits per heavy atom. The lowest BCUT2D eigenvalue weighted by Gasteiger charge is -2.25. The zero-order valence-corrected chi connectivity index (χ0v) is 13.1. The lowest BCUT2D eigenvalue weighted by molar-refractivity contribution is 0.411. The van der Waals surface area contributed by atoms with Crippen LogP contribution in [0.1, 0.15) is 51.5 Å². The van der Waals surface area contributed by atoms with E-state index in [1.54, 1.807) is 12.1 Å². The largest absolute Gasteiger partial charge is 0.313 e. The van der Waals surface area contributed by atoms with Gasteiger partial charge in [0.05, 0.1) is 0 Å². The van der Waals surface area contributed by atoms with Gasteiger partial charge in [0.15, 0.2) is 0 Å². The average molecular weight is 316 g/mol. The molecule has 1 aromatic rings. The Hall–Kier alpha value is -0.410. The van der Waals surface area contributed by atoms with Gasteiger partial charge in [-0.1, -0.05) is 43.1 Å². The van der Waals surface area contributed by atoms with Gasteiger partial charge in [-0.15, -0.1) is 0 Å². The maximum absolute atomic E-state index is 13.9. The zero-order chi connectivity index (χ0) is 13.5. The van der Waals surface area contributed by atoms with Crippen molar-refractivity contribution in [3.05, 3.63) is 34.1 Å². The second-order valence-corrected chi connectivity index (χ2v) is 5.72. The van der Waals surface area contributed by atoms with E-state index in [1.807, 2.05) is 6.07 Å². The minimum Gasteiger partial charge on any atom is -0.313 e. The first kappa shape index (κ1) is 15.6. The molecule has 0 saturated heterocycles. The van der Waals surface area contributed by atoms with Crippen LogP contribution >= 0.6 is 15.9 Å². The Labute approximate surface area is 118 Å². The van der Waals surface area contributed by atoms with Crippen molar-refractivity contribution in [2.75, 3.05) is 6.54 Å². The molecule has 0 aliphatic rings. The first-order valence-electron chi connectivity index (χ1n) is 6.78. The van der Waals surface area contributed by atoms with Crippen LogP contribution in [0, 0.1) is 5.82 Å². The highest BCUT2D eigenvalue weighted by Gasteiger charge is 2.20. The zero-order valence-electron chi connectivity index (χ0n) is 11.5. The van der Waals surface area contributed by atoms with Crippen LogP contribution < -0.4 is 5.32 Å². The monoisotopic (exact) mass is 315 g/mol. The average Bonchev–Trinajstić information content (AvgIpc) is 2.36. The number of nitrogens with one attached hydrogen (secondary N) is 1. The van der Waals surface area contributed by atoms with E-state index < -0.39 is 0 Å². The molecule has 1 rings (SSSR count). The molecular formula is C15H23BrFN. The van der Waals surface area contributed by atoms with Crippen LogP contribution in [0.5, 0.6) is 0 Å². The molecule has 0 amide bonds. The predicted octanol–water partition coefficient (Wildman–Crippen LogP) is 4.86. The Balaban J connectivity index is 2.86. The summed E-state index contributed by atoms with van der Waals surface area (Å²) in [5.41, 5.74) is 0.798. The van der Waals surface area contributed by atoms with Crippen LogP contribution in [-0.4, -0.2) is 12.6 Å². The number of benzene rings is 1. The molecule has 1 N–H and O–H groups in total.